The molecule has 19 heavy (non-hydrogen) atoms. The molecule has 1 aliphatic rings. The van der Waals surface area contributed by atoms with Crippen molar-refractivity contribution in [2.24, 2.45) is 11.7 Å². The molecule has 1 saturated heterocycles. The first-order valence-corrected chi connectivity index (χ1v) is 6.47. The third-order valence-corrected chi connectivity index (χ3v) is 3.98. The van der Waals surface area contributed by atoms with E-state index < -0.39 is 11.7 Å². The molecule has 2 nitrogen and oxygen atoms in total. The second-order valence-corrected chi connectivity index (χ2v) is 5.43. The fraction of sp³-hybridized carbons (Fsp3) is 0.538. The van der Waals surface area contributed by atoms with Crippen LogP contribution in [0.15, 0.2) is 18.2 Å². The van der Waals surface area contributed by atoms with E-state index in [9.17, 15) is 13.2 Å². The first-order valence-electron chi connectivity index (χ1n) is 6.10. The molecule has 6 heteroatoms. The number of halogens is 4. The number of benzene rings is 1. The summed E-state index contributed by atoms with van der Waals surface area (Å²) in [4.78, 5) is 2.09. The van der Waals surface area contributed by atoms with E-state index in [0.717, 1.165) is 30.7 Å². The molecule has 0 aliphatic carbocycles. The first kappa shape index (κ1) is 14.6. The summed E-state index contributed by atoms with van der Waals surface area (Å²) in [6.07, 6.45) is -3.53. The maximum absolute atomic E-state index is 12.6. The van der Waals surface area contributed by atoms with E-state index >= 15 is 0 Å². The minimum atomic E-state index is -4.36. The molecule has 0 bridgehead atoms. The lowest BCUT2D eigenvalue weighted by Crippen LogP contribution is -2.20. The molecule has 0 saturated carbocycles. The highest BCUT2D eigenvalue weighted by Crippen LogP contribution is 2.39. The van der Waals surface area contributed by atoms with E-state index in [1.165, 1.54) is 6.07 Å². The van der Waals surface area contributed by atoms with E-state index in [2.05, 4.69) is 4.90 Å². The van der Waals surface area contributed by atoms with Crippen molar-refractivity contribution in [2.75, 3.05) is 20.1 Å². The molecule has 2 atom stereocenters. The second-order valence-electron chi connectivity index (χ2n) is 5.03. The summed E-state index contributed by atoms with van der Waals surface area (Å²) in [6.45, 7) is 1.43. The minimum Gasteiger partial charge on any atom is -0.330 e. The topological polar surface area (TPSA) is 29.3 Å². The predicted octanol–water partition coefficient (Wildman–Crippen LogP) is 3.31. The van der Waals surface area contributed by atoms with Crippen LogP contribution < -0.4 is 5.73 Å². The Morgan fingerprint density at radius 3 is 2.58 bits per heavy atom. The lowest BCUT2D eigenvalue weighted by molar-refractivity contribution is -0.137. The van der Waals surface area contributed by atoms with E-state index in [1.807, 2.05) is 7.05 Å². The van der Waals surface area contributed by atoms with Gasteiger partial charge in [0, 0.05) is 17.6 Å². The minimum absolute atomic E-state index is 0.0448. The average Bonchev–Trinajstić information content (AvgIpc) is 2.69. The second kappa shape index (κ2) is 5.31. The number of hydrogen-bond donors (Lipinski definition) is 1. The van der Waals surface area contributed by atoms with Crippen LogP contribution in [0.2, 0.25) is 5.02 Å². The van der Waals surface area contributed by atoms with Crippen molar-refractivity contribution in [1.82, 2.24) is 4.90 Å². The zero-order valence-electron chi connectivity index (χ0n) is 10.5. The van der Waals surface area contributed by atoms with Crippen LogP contribution in [0.4, 0.5) is 13.2 Å². The van der Waals surface area contributed by atoms with E-state index in [-0.39, 0.29) is 11.1 Å². The smallest absolute Gasteiger partial charge is 0.330 e. The van der Waals surface area contributed by atoms with Gasteiger partial charge in [0.1, 0.15) is 0 Å². The van der Waals surface area contributed by atoms with Crippen molar-refractivity contribution in [3.05, 3.63) is 34.3 Å². The van der Waals surface area contributed by atoms with Gasteiger partial charge < -0.3 is 5.73 Å². The third kappa shape index (κ3) is 3.04. The van der Waals surface area contributed by atoms with Gasteiger partial charge in [-0.2, -0.15) is 13.2 Å². The zero-order valence-corrected chi connectivity index (χ0v) is 11.3. The molecule has 2 rings (SSSR count). The largest absolute Gasteiger partial charge is 0.416 e. The molecule has 106 valence electrons. The van der Waals surface area contributed by atoms with Crippen molar-refractivity contribution >= 4 is 11.6 Å². The number of alkyl halides is 3. The summed E-state index contributed by atoms with van der Waals surface area (Å²) in [5, 5.41) is 0.171. The van der Waals surface area contributed by atoms with Gasteiger partial charge in [-0.1, -0.05) is 17.7 Å². The van der Waals surface area contributed by atoms with Crippen LogP contribution in [0.25, 0.3) is 0 Å². The van der Waals surface area contributed by atoms with Crippen molar-refractivity contribution in [3.8, 4) is 0 Å². The molecule has 0 spiro atoms. The third-order valence-electron chi connectivity index (χ3n) is 3.65. The summed E-state index contributed by atoms with van der Waals surface area (Å²) in [5.41, 5.74) is 5.68. The summed E-state index contributed by atoms with van der Waals surface area (Å²) >= 11 is 6.01. The Labute approximate surface area is 115 Å². The van der Waals surface area contributed by atoms with E-state index in [0.29, 0.717) is 12.5 Å². The maximum atomic E-state index is 12.6. The van der Waals surface area contributed by atoms with Crippen molar-refractivity contribution < 1.29 is 13.2 Å². The first-order chi connectivity index (χ1) is 8.82. The molecule has 0 amide bonds. The standard InChI is InChI=1S/C13H16ClF3N2/c1-19-7-8(6-18)4-12(19)10-3-2-9(5-11(10)14)13(15,16)17/h2-3,5,8,12H,4,6-7,18H2,1H3. The monoisotopic (exact) mass is 292 g/mol. The number of nitrogens with two attached hydrogens (primary N) is 1. The molecule has 1 heterocycles. The number of likely N-dealkylation sites (tertiary alicyclic amines) is 1. The Morgan fingerprint density at radius 2 is 2.11 bits per heavy atom. The SMILES string of the molecule is CN1CC(CN)CC1c1ccc(C(F)(F)F)cc1Cl. The van der Waals surface area contributed by atoms with Crippen LogP contribution in [0, 0.1) is 5.92 Å². The van der Waals surface area contributed by atoms with Crippen molar-refractivity contribution in [1.29, 1.82) is 0 Å². The van der Waals surface area contributed by atoms with Crippen LogP contribution in [-0.4, -0.2) is 25.0 Å². The van der Waals surface area contributed by atoms with Gasteiger partial charge in [-0.05, 0) is 43.6 Å². The fourth-order valence-corrected chi connectivity index (χ4v) is 2.92. The maximum Gasteiger partial charge on any atom is 0.416 e. The lowest BCUT2D eigenvalue weighted by Gasteiger charge is -2.21. The lowest BCUT2D eigenvalue weighted by atomic mass is 9.98. The predicted molar refractivity (Wildman–Crippen MR) is 69.0 cm³/mol. The molecule has 1 fully saturated rings. The summed E-state index contributed by atoms with van der Waals surface area (Å²) in [7, 11) is 1.94. The number of hydrogen-bond acceptors (Lipinski definition) is 2. The molecule has 1 aromatic rings. The number of rotatable bonds is 2. The highest BCUT2D eigenvalue weighted by molar-refractivity contribution is 6.31. The highest BCUT2D eigenvalue weighted by Gasteiger charge is 2.34. The summed E-state index contributed by atoms with van der Waals surface area (Å²) < 4.78 is 37.8. The molecule has 0 radical (unpaired) electrons. The molecular weight excluding hydrogens is 277 g/mol. The molecule has 2 unspecified atom stereocenters. The Bertz CT molecular complexity index is 462. The van der Waals surface area contributed by atoms with Crippen molar-refractivity contribution in [3.63, 3.8) is 0 Å². The van der Waals surface area contributed by atoms with Gasteiger partial charge in [-0.15, -0.1) is 0 Å². The number of nitrogens with zero attached hydrogens (tertiary/aromatic N) is 1. The average molecular weight is 293 g/mol. The molecule has 1 aliphatic heterocycles. The van der Waals surface area contributed by atoms with Gasteiger partial charge in [0.25, 0.3) is 0 Å². The summed E-state index contributed by atoms with van der Waals surface area (Å²) in [5.74, 6) is 0.369. The Balaban J connectivity index is 2.27. The highest BCUT2D eigenvalue weighted by atomic mass is 35.5. The van der Waals surface area contributed by atoms with Crippen LogP contribution >= 0.6 is 11.6 Å². The Morgan fingerprint density at radius 1 is 1.42 bits per heavy atom. The van der Waals surface area contributed by atoms with Crippen LogP contribution in [0.1, 0.15) is 23.6 Å². The molecule has 0 aromatic heterocycles. The van der Waals surface area contributed by atoms with Gasteiger partial charge in [-0.3, -0.25) is 4.90 Å². The van der Waals surface area contributed by atoms with Crippen LogP contribution in [-0.2, 0) is 6.18 Å². The molecule has 2 N–H and O–H groups in total. The van der Waals surface area contributed by atoms with Crippen LogP contribution in [0.3, 0.4) is 0 Å². The van der Waals surface area contributed by atoms with Gasteiger partial charge in [-0.25, -0.2) is 0 Å². The normalized spacial score (nSPS) is 24.9. The zero-order chi connectivity index (χ0) is 14.2. The van der Waals surface area contributed by atoms with Gasteiger partial charge in [0.2, 0.25) is 0 Å². The fourth-order valence-electron chi connectivity index (χ4n) is 2.61. The van der Waals surface area contributed by atoms with Gasteiger partial charge in [0.15, 0.2) is 0 Å². The van der Waals surface area contributed by atoms with E-state index in [1.54, 1.807) is 0 Å². The quantitative estimate of drug-likeness (QED) is 0.906. The van der Waals surface area contributed by atoms with Gasteiger partial charge >= 0.3 is 6.18 Å². The van der Waals surface area contributed by atoms with Gasteiger partial charge in [0.05, 0.1) is 5.56 Å². The molecular formula is C13H16ClF3N2. The Kier molecular flexibility index (Phi) is 4.08. The Hall–Kier alpha value is -0.780. The van der Waals surface area contributed by atoms with Crippen LogP contribution in [0.5, 0.6) is 0 Å². The molecule has 1 aromatic carbocycles. The van der Waals surface area contributed by atoms with Crippen molar-refractivity contribution in [2.45, 2.75) is 18.6 Å². The van der Waals surface area contributed by atoms with E-state index in [4.69, 9.17) is 17.3 Å². The summed E-state index contributed by atoms with van der Waals surface area (Å²) in [6, 6.07) is 3.61.